The van der Waals surface area contributed by atoms with Gasteiger partial charge < -0.3 is 15.9 Å². The van der Waals surface area contributed by atoms with E-state index in [1.165, 1.54) is 6.07 Å². The van der Waals surface area contributed by atoms with Crippen molar-refractivity contribution < 1.29 is 10.2 Å². The monoisotopic (exact) mass is 227 g/mol. The standard InChI is InChI=1S/C12H9N3O2/c13-6-5-9-10(12(17)11(6)16)15-8-4-2-1-3-7(8)14-9/h1-5,16-17H,13H2. The molecule has 4 N–H and O–H groups in total. The summed E-state index contributed by atoms with van der Waals surface area (Å²) in [6.07, 6.45) is 0. The third-order valence-corrected chi connectivity index (χ3v) is 2.61. The molecule has 0 bridgehead atoms. The zero-order valence-corrected chi connectivity index (χ0v) is 8.75. The van der Waals surface area contributed by atoms with Gasteiger partial charge >= 0.3 is 0 Å². The van der Waals surface area contributed by atoms with Gasteiger partial charge in [0.05, 0.1) is 22.2 Å². The van der Waals surface area contributed by atoms with Gasteiger partial charge in [0.25, 0.3) is 0 Å². The predicted molar refractivity (Wildman–Crippen MR) is 64.8 cm³/mol. The van der Waals surface area contributed by atoms with Crippen LogP contribution in [0.25, 0.3) is 22.1 Å². The second-order valence-electron chi connectivity index (χ2n) is 3.74. The van der Waals surface area contributed by atoms with E-state index in [4.69, 9.17) is 5.73 Å². The zero-order valence-electron chi connectivity index (χ0n) is 8.75. The van der Waals surface area contributed by atoms with Crippen molar-refractivity contribution in [3.63, 3.8) is 0 Å². The van der Waals surface area contributed by atoms with E-state index in [2.05, 4.69) is 9.97 Å². The van der Waals surface area contributed by atoms with Crippen molar-refractivity contribution in [2.75, 3.05) is 5.73 Å². The molecule has 3 aromatic rings. The summed E-state index contributed by atoms with van der Waals surface area (Å²) in [4.78, 5) is 8.58. The lowest BCUT2D eigenvalue weighted by Gasteiger charge is -2.06. The molecule has 1 heterocycles. The number of rotatable bonds is 0. The van der Waals surface area contributed by atoms with Crippen molar-refractivity contribution in [3.8, 4) is 11.5 Å². The molecule has 0 atom stereocenters. The molecule has 2 aromatic carbocycles. The molecule has 84 valence electrons. The fourth-order valence-electron chi connectivity index (χ4n) is 1.75. The maximum Gasteiger partial charge on any atom is 0.188 e. The summed E-state index contributed by atoms with van der Waals surface area (Å²) in [6.45, 7) is 0. The first-order valence-corrected chi connectivity index (χ1v) is 5.04. The molecule has 0 aliphatic heterocycles. The highest BCUT2D eigenvalue weighted by Gasteiger charge is 2.12. The van der Waals surface area contributed by atoms with Gasteiger partial charge in [-0.1, -0.05) is 12.1 Å². The van der Waals surface area contributed by atoms with Crippen LogP contribution < -0.4 is 5.73 Å². The number of nitrogen functional groups attached to an aromatic ring is 1. The maximum absolute atomic E-state index is 9.77. The molecule has 0 saturated carbocycles. The minimum atomic E-state index is -0.359. The fraction of sp³-hybridized carbons (Fsp3) is 0. The van der Waals surface area contributed by atoms with Gasteiger partial charge in [-0.2, -0.15) is 0 Å². The summed E-state index contributed by atoms with van der Waals surface area (Å²) in [7, 11) is 0. The van der Waals surface area contributed by atoms with Gasteiger partial charge in [0.2, 0.25) is 0 Å². The highest BCUT2D eigenvalue weighted by atomic mass is 16.3. The molecule has 0 radical (unpaired) electrons. The normalized spacial score (nSPS) is 11.1. The van der Waals surface area contributed by atoms with Crippen LogP contribution >= 0.6 is 0 Å². The molecule has 0 aliphatic rings. The summed E-state index contributed by atoms with van der Waals surface area (Å²) in [5.74, 6) is -0.694. The van der Waals surface area contributed by atoms with E-state index >= 15 is 0 Å². The molecule has 0 aliphatic carbocycles. The molecule has 5 heteroatoms. The minimum absolute atomic E-state index is 0.0829. The second kappa shape index (κ2) is 3.21. The highest BCUT2D eigenvalue weighted by molar-refractivity contribution is 5.93. The quantitative estimate of drug-likeness (QED) is 0.309. The number of benzene rings is 2. The van der Waals surface area contributed by atoms with E-state index in [1.54, 1.807) is 6.07 Å². The van der Waals surface area contributed by atoms with Gasteiger partial charge in [-0.25, -0.2) is 9.97 Å². The van der Waals surface area contributed by atoms with Crippen LogP contribution in [0.4, 0.5) is 5.69 Å². The Morgan fingerprint density at radius 3 is 2.24 bits per heavy atom. The average Bonchev–Trinajstić information content (AvgIpc) is 2.34. The van der Waals surface area contributed by atoms with Crippen molar-refractivity contribution >= 4 is 27.8 Å². The Morgan fingerprint density at radius 2 is 1.53 bits per heavy atom. The fourth-order valence-corrected chi connectivity index (χ4v) is 1.75. The number of anilines is 1. The first-order chi connectivity index (χ1) is 8.16. The van der Waals surface area contributed by atoms with Gasteiger partial charge in [0, 0.05) is 0 Å². The molecule has 17 heavy (non-hydrogen) atoms. The van der Waals surface area contributed by atoms with Crippen LogP contribution in [0.3, 0.4) is 0 Å². The number of phenolic OH excluding ortho intramolecular Hbond substituents is 2. The number of fused-ring (bicyclic) bond motifs is 2. The first-order valence-electron chi connectivity index (χ1n) is 5.04. The number of aromatic hydroxyl groups is 2. The minimum Gasteiger partial charge on any atom is -0.503 e. The number of para-hydroxylation sites is 2. The molecule has 0 saturated heterocycles. The summed E-state index contributed by atoms with van der Waals surface area (Å²) >= 11 is 0. The van der Waals surface area contributed by atoms with Gasteiger partial charge in [0.1, 0.15) is 5.52 Å². The number of hydrogen-bond donors (Lipinski definition) is 3. The van der Waals surface area contributed by atoms with Gasteiger partial charge in [-0.05, 0) is 18.2 Å². The molecule has 0 fully saturated rings. The molecule has 3 rings (SSSR count). The number of aromatic nitrogens is 2. The largest absolute Gasteiger partial charge is 0.503 e. The number of hydrogen-bond acceptors (Lipinski definition) is 5. The SMILES string of the molecule is Nc1cc2nc3ccccc3nc2c(O)c1O. The van der Waals surface area contributed by atoms with Gasteiger partial charge in [-0.3, -0.25) is 0 Å². The third kappa shape index (κ3) is 1.32. The average molecular weight is 227 g/mol. The van der Waals surface area contributed by atoms with E-state index < -0.39 is 0 Å². The Bertz CT molecular complexity index is 740. The Kier molecular flexibility index (Phi) is 1.82. The molecule has 0 spiro atoms. The van der Waals surface area contributed by atoms with Crippen LogP contribution in [0.5, 0.6) is 11.5 Å². The summed E-state index contributed by atoms with van der Waals surface area (Å²) < 4.78 is 0. The third-order valence-electron chi connectivity index (χ3n) is 2.61. The Balaban J connectivity index is 2.52. The smallest absolute Gasteiger partial charge is 0.188 e. The van der Waals surface area contributed by atoms with E-state index in [1.807, 2.05) is 18.2 Å². The molecule has 1 aromatic heterocycles. The van der Waals surface area contributed by atoms with Crippen molar-refractivity contribution in [2.45, 2.75) is 0 Å². The predicted octanol–water partition coefficient (Wildman–Crippen LogP) is 1.78. The van der Waals surface area contributed by atoms with Crippen molar-refractivity contribution in [3.05, 3.63) is 30.3 Å². The van der Waals surface area contributed by atoms with Crippen LogP contribution in [0.1, 0.15) is 0 Å². The molecule has 0 unspecified atom stereocenters. The summed E-state index contributed by atoms with van der Waals surface area (Å²) in [5, 5.41) is 19.3. The Labute approximate surface area is 96.2 Å². The Morgan fingerprint density at radius 1 is 0.882 bits per heavy atom. The van der Waals surface area contributed by atoms with Crippen molar-refractivity contribution in [1.29, 1.82) is 0 Å². The van der Waals surface area contributed by atoms with E-state index in [-0.39, 0.29) is 22.7 Å². The number of phenols is 2. The lowest BCUT2D eigenvalue weighted by Crippen LogP contribution is -1.92. The molecule has 0 amide bonds. The van der Waals surface area contributed by atoms with Crippen molar-refractivity contribution in [1.82, 2.24) is 9.97 Å². The number of nitrogens with two attached hydrogens (primary N) is 1. The van der Waals surface area contributed by atoms with E-state index in [0.29, 0.717) is 16.6 Å². The summed E-state index contributed by atoms with van der Waals surface area (Å²) in [6, 6.07) is 8.78. The topological polar surface area (TPSA) is 92.3 Å². The second-order valence-corrected chi connectivity index (χ2v) is 3.74. The van der Waals surface area contributed by atoms with Crippen molar-refractivity contribution in [2.24, 2.45) is 0 Å². The van der Waals surface area contributed by atoms with Crippen LogP contribution in [-0.2, 0) is 0 Å². The first kappa shape index (κ1) is 9.65. The van der Waals surface area contributed by atoms with E-state index in [0.717, 1.165) is 0 Å². The molecule has 5 nitrogen and oxygen atoms in total. The van der Waals surface area contributed by atoms with E-state index in [9.17, 15) is 10.2 Å². The Hall–Kier alpha value is -2.56. The van der Waals surface area contributed by atoms with Gasteiger partial charge in [-0.15, -0.1) is 0 Å². The van der Waals surface area contributed by atoms with Crippen LogP contribution in [0.2, 0.25) is 0 Å². The zero-order chi connectivity index (χ0) is 12.0. The maximum atomic E-state index is 9.77. The van der Waals surface area contributed by atoms with Crippen LogP contribution in [-0.4, -0.2) is 20.2 Å². The highest BCUT2D eigenvalue weighted by Crippen LogP contribution is 2.37. The lowest BCUT2D eigenvalue weighted by molar-refractivity contribution is 0.409. The van der Waals surface area contributed by atoms with Gasteiger partial charge in [0.15, 0.2) is 11.5 Å². The number of nitrogens with zero attached hydrogens (tertiary/aromatic N) is 2. The summed E-state index contributed by atoms with van der Waals surface area (Å²) in [5.41, 5.74) is 7.70. The molecular formula is C12H9N3O2. The molecular weight excluding hydrogens is 218 g/mol. The van der Waals surface area contributed by atoms with Crippen LogP contribution in [0.15, 0.2) is 30.3 Å². The van der Waals surface area contributed by atoms with Crippen LogP contribution in [0, 0.1) is 0 Å². The lowest BCUT2D eigenvalue weighted by atomic mass is 10.2.